The molecule has 1 N–H and O–H groups in total. The van der Waals surface area contributed by atoms with E-state index in [-0.39, 0.29) is 24.2 Å². The average molecular weight is 308 g/mol. The molecule has 2 rings (SSSR count). The first kappa shape index (κ1) is 15.9. The maximum atomic E-state index is 13.6. The first-order chi connectivity index (χ1) is 10.2. The van der Waals surface area contributed by atoms with Crippen LogP contribution in [0.5, 0.6) is 0 Å². The molecule has 1 aliphatic rings. The molecule has 3 amide bonds. The van der Waals surface area contributed by atoms with Gasteiger partial charge >= 0.3 is 6.09 Å². The van der Waals surface area contributed by atoms with Gasteiger partial charge < -0.3 is 10.1 Å². The fraction of sp³-hybridized carbons (Fsp3) is 0.400. The van der Waals surface area contributed by atoms with Crippen LogP contribution in [0.3, 0.4) is 0 Å². The number of hydrogen-bond acceptors (Lipinski definition) is 4. The van der Waals surface area contributed by atoms with Crippen molar-refractivity contribution >= 4 is 17.9 Å². The van der Waals surface area contributed by atoms with Crippen molar-refractivity contribution in [1.82, 2.24) is 10.2 Å². The van der Waals surface area contributed by atoms with Gasteiger partial charge in [0.05, 0.1) is 11.1 Å². The highest BCUT2D eigenvalue weighted by molar-refractivity contribution is 6.21. The molecule has 0 saturated heterocycles. The molecule has 22 heavy (non-hydrogen) atoms. The van der Waals surface area contributed by atoms with Gasteiger partial charge in [0.15, 0.2) is 0 Å². The average Bonchev–Trinajstić information content (AvgIpc) is 2.62. The number of imide groups is 1. The molecule has 1 heterocycles. The number of halogens is 1. The van der Waals surface area contributed by atoms with E-state index < -0.39 is 29.3 Å². The second-order valence-corrected chi connectivity index (χ2v) is 5.85. The number of rotatable bonds is 3. The van der Waals surface area contributed by atoms with Crippen LogP contribution in [0.1, 0.15) is 41.5 Å². The van der Waals surface area contributed by atoms with E-state index in [1.54, 1.807) is 20.8 Å². The zero-order valence-corrected chi connectivity index (χ0v) is 12.6. The Bertz CT molecular complexity index is 637. The van der Waals surface area contributed by atoms with Crippen LogP contribution < -0.4 is 5.32 Å². The van der Waals surface area contributed by atoms with Gasteiger partial charge in [-0.25, -0.2) is 9.18 Å². The maximum Gasteiger partial charge on any atom is 0.407 e. The molecule has 7 heteroatoms. The molecule has 0 spiro atoms. The minimum absolute atomic E-state index is 0.0298. The van der Waals surface area contributed by atoms with Gasteiger partial charge in [0.1, 0.15) is 11.4 Å². The Morgan fingerprint density at radius 3 is 2.55 bits per heavy atom. The zero-order chi connectivity index (χ0) is 16.5. The summed E-state index contributed by atoms with van der Waals surface area (Å²) in [5, 5.41) is 2.45. The van der Waals surface area contributed by atoms with Gasteiger partial charge in [-0.15, -0.1) is 0 Å². The van der Waals surface area contributed by atoms with Crippen LogP contribution in [0.15, 0.2) is 18.2 Å². The van der Waals surface area contributed by atoms with Gasteiger partial charge in [-0.05, 0) is 32.9 Å². The number of ether oxygens (including phenoxy) is 1. The maximum absolute atomic E-state index is 13.6. The minimum atomic E-state index is -0.724. The molecule has 0 fully saturated rings. The van der Waals surface area contributed by atoms with Gasteiger partial charge in [-0.1, -0.05) is 6.07 Å². The number of hydrogen-bond donors (Lipinski definition) is 1. The Morgan fingerprint density at radius 1 is 1.27 bits per heavy atom. The van der Waals surface area contributed by atoms with Gasteiger partial charge in [0, 0.05) is 13.1 Å². The predicted molar refractivity (Wildman–Crippen MR) is 76.0 cm³/mol. The lowest BCUT2D eigenvalue weighted by Gasteiger charge is -2.20. The van der Waals surface area contributed by atoms with Crippen molar-refractivity contribution in [3.63, 3.8) is 0 Å². The fourth-order valence-corrected chi connectivity index (χ4v) is 2.08. The highest BCUT2D eigenvalue weighted by Gasteiger charge is 2.37. The number of fused-ring (bicyclic) bond motifs is 1. The summed E-state index contributed by atoms with van der Waals surface area (Å²) in [7, 11) is 0. The monoisotopic (exact) mass is 308 g/mol. The van der Waals surface area contributed by atoms with E-state index in [0.717, 1.165) is 11.0 Å². The van der Waals surface area contributed by atoms with Crippen molar-refractivity contribution in [2.45, 2.75) is 26.4 Å². The molecule has 0 unspecified atom stereocenters. The number of amides is 3. The highest BCUT2D eigenvalue weighted by Crippen LogP contribution is 2.24. The lowest BCUT2D eigenvalue weighted by Crippen LogP contribution is -2.40. The summed E-state index contributed by atoms with van der Waals surface area (Å²) < 4.78 is 18.7. The van der Waals surface area contributed by atoms with E-state index in [0.29, 0.717) is 0 Å². The molecule has 0 saturated carbocycles. The fourth-order valence-electron chi connectivity index (χ4n) is 2.08. The third-order valence-corrected chi connectivity index (χ3v) is 2.95. The number of carbonyl (C=O) groups is 3. The highest BCUT2D eigenvalue weighted by atomic mass is 19.1. The molecule has 1 aromatic rings. The molecule has 6 nitrogen and oxygen atoms in total. The number of benzene rings is 1. The summed E-state index contributed by atoms with van der Waals surface area (Å²) in [6.45, 7) is 5.14. The Hall–Kier alpha value is -2.44. The smallest absolute Gasteiger partial charge is 0.407 e. The van der Waals surface area contributed by atoms with Crippen LogP contribution in [0.4, 0.5) is 9.18 Å². The first-order valence-corrected chi connectivity index (χ1v) is 6.82. The van der Waals surface area contributed by atoms with Crippen LogP contribution in [0.2, 0.25) is 0 Å². The molecular formula is C15H17FN2O4. The molecule has 118 valence electrons. The van der Waals surface area contributed by atoms with E-state index in [1.165, 1.54) is 12.1 Å². The third-order valence-electron chi connectivity index (χ3n) is 2.95. The van der Waals surface area contributed by atoms with Crippen molar-refractivity contribution in [2.75, 3.05) is 13.1 Å². The number of nitrogens with one attached hydrogen (secondary N) is 1. The SMILES string of the molecule is CC(C)(C)OC(=O)NCCN1C(=O)c2cccc(F)c2C1=O. The second kappa shape index (κ2) is 5.75. The topological polar surface area (TPSA) is 75.7 Å². The summed E-state index contributed by atoms with van der Waals surface area (Å²) >= 11 is 0. The predicted octanol–water partition coefficient (Wildman–Crippen LogP) is 1.95. The van der Waals surface area contributed by atoms with E-state index in [1.807, 2.05) is 0 Å². The van der Waals surface area contributed by atoms with Crippen LogP contribution in [-0.2, 0) is 4.74 Å². The Kier molecular flexibility index (Phi) is 4.16. The van der Waals surface area contributed by atoms with Crippen LogP contribution in [0.25, 0.3) is 0 Å². The first-order valence-electron chi connectivity index (χ1n) is 6.82. The van der Waals surface area contributed by atoms with Gasteiger partial charge in [0.25, 0.3) is 11.8 Å². The second-order valence-electron chi connectivity index (χ2n) is 5.85. The lowest BCUT2D eigenvalue weighted by molar-refractivity contribution is 0.0504. The summed E-state index contributed by atoms with van der Waals surface area (Å²) in [6, 6.07) is 3.91. The molecule has 1 aliphatic heterocycles. The molecule has 0 aliphatic carbocycles. The van der Waals surface area contributed by atoms with Gasteiger partial charge in [-0.2, -0.15) is 0 Å². The van der Waals surface area contributed by atoms with E-state index >= 15 is 0 Å². The standard InChI is InChI=1S/C15H17FN2O4/c1-15(2,3)22-14(21)17-7-8-18-12(19)9-5-4-6-10(16)11(9)13(18)20/h4-6H,7-8H2,1-3H3,(H,17,21). The van der Waals surface area contributed by atoms with E-state index in [2.05, 4.69) is 5.32 Å². The molecular weight excluding hydrogens is 291 g/mol. The molecule has 0 atom stereocenters. The molecule has 0 aromatic heterocycles. The largest absolute Gasteiger partial charge is 0.444 e. The van der Waals surface area contributed by atoms with Crippen molar-refractivity contribution in [3.05, 3.63) is 35.1 Å². The Labute approximate surface area is 127 Å². The Balaban J connectivity index is 1.96. The van der Waals surface area contributed by atoms with Crippen molar-refractivity contribution < 1.29 is 23.5 Å². The quantitative estimate of drug-likeness (QED) is 0.866. The number of alkyl carbamates (subject to hydrolysis) is 1. The number of carbonyl (C=O) groups excluding carboxylic acids is 3. The van der Waals surface area contributed by atoms with Gasteiger partial charge in [0.2, 0.25) is 0 Å². The van der Waals surface area contributed by atoms with Crippen molar-refractivity contribution in [1.29, 1.82) is 0 Å². The summed E-state index contributed by atoms with van der Waals surface area (Å²) in [5.41, 5.74) is -0.810. The number of nitrogens with zero attached hydrogens (tertiary/aromatic N) is 1. The zero-order valence-electron chi connectivity index (χ0n) is 12.6. The lowest BCUT2D eigenvalue weighted by atomic mass is 10.1. The van der Waals surface area contributed by atoms with Crippen molar-refractivity contribution in [3.8, 4) is 0 Å². The van der Waals surface area contributed by atoms with Crippen LogP contribution >= 0.6 is 0 Å². The normalized spacial score (nSPS) is 14.1. The van der Waals surface area contributed by atoms with E-state index in [4.69, 9.17) is 4.74 Å². The van der Waals surface area contributed by atoms with Gasteiger partial charge in [-0.3, -0.25) is 14.5 Å². The van der Waals surface area contributed by atoms with Crippen molar-refractivity contribution in [2.24, 2.45) is 0 Å². The Morgan fingerprint density at radius 2 is 1.95 bits per heavy atom. The summed E-state index contributed by atoms with van der Waals surface area (Å²) in [6.07, 6.45) is -0.643. The minimum Gasteiger partial charge on any atom is -0.444 e. The summed E-state index contributed by atoms with van der Waals surface area (Å²) in [5.74, 6) is -1.98. The van der Waals surface area contributed by atoms with Crippen LogP contribution in [-0.4, -0.2) is 41.5 Å². The molecule has 0 radical (unpaired) electrons. The molecule has 1 aromatic carbocycles. The third kappa shape index (κ3) is 3.24. The van der Waals surface area contributed by atoms with E-state index in [9.17, 15) is 18.8 Å². The van der Waals surface area contributed by atoms with Crippen LogP contribution in [0, 0.1) is 5.82 Å². The molecule has 0 bridgehead atoms. The summed E-state index contributed by atoms with van der Waals surface area (Å²) in [4.78, 5) is 36.5.